The van der Waals surface area contributed by atoms with Gasteiger partial charge in [0.05, 0.1) is 20.3 Å². The first kappa shape index (κ1) is 13.5. The first-order valence-electron chi connectivity index (χ1n) is 6.15. The van der Waals surface area contributed by atoms with Crippen molar-refractivity contribution in [1.82, 2.24) is 14.7 Å². The number of nitrogens with zero attached hydrogens (tertiary/aromatic N) is 3. The summed E-state index contributed by atoms with van der Waals surface area (Å²) in [7, 11) is 1.31. The van der Waals surface area contributed by atoms with Crippen LogP contribution in [0.4, 0.5) is 0 Å². The van der Waals surface area contributed by atoms with Crippen LogP contribution >= 0.6 is 0 Å². The molecule has 1 amide bonds. The van der Waals surface area contributed by atoms with Crippen molar-refractivity contribution >= 4 is 11.9 Å². The average Bonchev–Trinajstić information content (AvgIpc) is 2.97. The van der Waals surface area contributed by atoms with Gasteiger partial charge in [0.15, 0.2) is 6.04 Å². The number of hydrogen-bond donors (Lipinski definition) is 0. The molecule has 1 atom stereocenters. The first-order chi connectivity index (χ1) is 9.22. The van der Waals surface area contributed by atoms with E-state index >= 15 is 0 Å². The van der Waals surface area contributed by atoms with E-state index in [1.54, 1.807) is 23.1 Å². The number of ether oxygens (including phenoxy) is 2. The Morgan fingerprint density at radius 2 is 2.37 bits per heavy atom. The average molecular weight is 267 g/mol. The fourth-order valence-corrected chi connectivity index (χ4v) is 2.02. The Morgan fingerprint density at radius 3 is 3.05 bits per heavy atom. The van der Waals surface area contributed by atoms with Gasteiger partial charge in [-0.15, -0.1) is 0 Å². The van der Waals surface area contributed by atoms with Gasteiger partial charge in [-0.3, -0.25) is 9.48 Å². The van der Waals surface area contributed by atoms with Crippen molar-refractivity contribution in [3.63, 3.8) is 0 Å². The highest BCUT2D eigenvalue weighted by molar-refractivity contribution is 5.84. The lowest BCUT2D eigenvalue weighted by molar-refractivity contribution is -0.160. The lowest BCUT2D eigenvalue weighted by Gasteiger charge is -2.33. The summed E-state index contributed by atoms with van der Waals surface area (Å²) in [6.07, 6.45) is 3.76. The molecule has 0 saturated carbocycles. The van der Waals surface area contributed by atoms with Crippen LogP contribution in [0.2, 0.25) is 0 Å². The summed E-state index contributed by atoms with van der Waals surface area (Å²) < 4.78 is 11.6. The highest BCUT2D eigenvalue weighted by Gasteiger charge is 2.33. The van der Waals surface area contributed by atoms with Crippen LogP contribution in [-0.4, -0.2) is 59.5 Å². The third kappa shape index (κ3) is 3.31. The number of methoxy groups -OCH3 is 1. The lowest BCUT2D eigenvalue weighted by Crippen LogP contribution is -2.53. The summed E-state index contributed by atoms with van der Waals surface area (Å²) in [6, 6.07) is 1.17. The van der Waals surface area contributed by atoms with Crippen LogP contribution < -0.4 is 0 Å². The van der Waals surface area contributed by atoms with E-state index in [1.807, 2.05) is 0 Å². The Labute approximate surface area is 111 Å². The van der Waals surface area contributed by atoms with Crippen LogP contribution in [0.25, 0.3) is 0 Å². The smallest absolute Gasteiger partial charge is 0.331 e. The highest BCUT2D eigenvalue weighted by atomic mass is 16.5. The third-order valence-electron chi connectivity index (χ3n) is 3.04. The summed E-state index contributed by atoms with van der Waals surface area (Å²) in [6.45, 7) is 1.55. The van der Waals surface area contributed by atoms with Crippen molar-refractivity contribution in [2.24, 2.45) is 0 Å². The second-order valence-electron chi connectivity index (χ2n) is 4.22. The van der Waals surface area contributed by atoms with Gasteiger partial charge in [0.25, 0.3) is 0 Å². The lowest BCUT2D eigenvalue weighted by atomic mass is 10.2. The van der Waals surface area contributed by atoms with E-state index < -0.39 is 12.0 Å². The Morgan fingerprint density at radius 1 is 1.53 bits per heavy atom. The van der Waals surface area contributed by atoms with Gasteiger partial charge in [-0.2, -0.15) is 5.10 Å². The van der Waals surface area contributed by atoms with Gasteiger partial charge in [-0.1, -0.05) is 0 Å². The van der Waals surface area contributed by atoms with Crippen molar-refractivity contribution < 1.29 is 19.1 Å². The molecule has 104 valence electrons. The van der Waals surface area contributed by atoms with Crippen molar-refractivity contribution in [1.29, 1.82) is 0 Å². The molecule has 7 heteroatoms. The minimum atomic E-state index is -0.635. The monoisotopic (exact) mass is 267 g/mol. The van der Waals surface area contributed by atoms with Crippen LogP contribution in [0.15, 0.2) is 18.5 Å². The first-order valence-corrected chi connectivity index (χ1v) is 6.15. The van der Waals surface area contributed by atoms with Crippen molar-refractivity contribution in [2.45, 2.75) is 19.0 Å². The molecule has 1 saturated heterocycles. The van der Waals surface area contributed by atoms with Gasteiger partial charge >= 0.3 is 5.97 Å². The number of aryl methyl sites for hydroxylation is 1. The van der Waals surface area contributed by atoms with Crippen LogP contribution in [0.5, 0.6) is 0 Å². The molecule has 1 aliphatic heterocycles. The van der Waals surface area contributed by atoms with Gasteiger partial charge in [-0.05, 0) is 6.07 Å². The van der Waals surface area contributed by atoms with E-state index in [1.165, 1.54) is 12.0 Å². The molecule has 7 nitrogen and oxygen atoms in total. The third-order valence-corrected chi connectivity index (χ3v) is 3.04. The molecule has 0 radical (unpaired) electrons. The van der Waals surface area contributed by atoms with Gasteiger partial charge in [-0.25, -0.2) is 4.79 Å². The van der Waals surface area contributed by atoms with Gasteiger partial charge in [0.2, 0.25) is 5.91 Å². The van der Waals surface area contributed by atoms with Crippen molar-refractivity contribution in [3.8, 4) is 0 Å². The largest absolute Gasteiger partial charge is 0.467 e. The maximum atomic E-state index is 12.1. The highest BCUT2D eigenvalue weighted by Crippen LogP contribution is 2.10. The fraction of sp³-hybridized carbons (Fsp3) is 0.583. The number of carbonyl (C=O) groups excluding carboxylic acids is 2. The number of carbonyl (C=O) groups is 2. The standard InChI is InChI=1S/C12H17N3O4/c1-18-12(17)10-9-19-8-7-15(10)11(16)3-6-14-5-2-4-13-14/h2,4-5,10H,3,6-9H2,1H3. The number of rotatable bonds is 4. The maximum absolute atomic E-state index is 12.1. The number of amides is 1. The summed E-state index contributed by atoms with van der Waals surface area (Å²) in [5, 5.41) is 4.03. The fourth-order valence-electron chi connectivity index (χ4n) is 2.02. The molecule has 1 unspecified atom stereocenters. The van der Waals surface area contributed by atoms with E-state index in [2.05, 4.69) is 5.10 Å². The van der Waals surface area contributed by atoms with Gasteiger partial charge in [0.1, 0.15) is 0 Å². The number of aromatic nitrogens is 2. The minimum absolute atomic E-state index is 0.0887. The molecular weight excluding hydrogens is 250 g/mol. The molecule has 2 rings (SSSR count). The van der Waals surface area contributed by atoms with E-state index in [4.69, 9.17) is 9.47 Å². The second-order valence-corrected chi connectivity index (χ2v) is 4.22. The van der Waals surface area contributed by atoms with Crippen molar-refractivity contribution in [2.75, 3.05) is 26.9 Å². The molecule has 0 N–H and O–H groups in total. The number of esters is 1. The molecule has 1 aromatic heterocycles. The molecule has 2 heterocycles. The molecule has 0 aromatic carbocycles. The van der Waals surface area contributed by atoms with E-state index in [0.717, 1.165) is 0 Å². The maximum Gasteiger partial charge on any atom is 0.331 e. The SMILES string of the molecule is COC(=O)C1COCCN1C(=O)CCn1cccn1. The van der Waals surface area contributed by atoms with Crippen LogP contribution in [0, 0.1) is 0 Å². The van der Waals surface area contributed by atoms with Crippen LogP contribution in [0.1, 0.15) is 6.42 Å². The van der Waals surface area contributed by atoms with Gasteiger partial charge in [0, 0.05) is 31.9 Å². The molecule has 0 aliphatic carbocycles. The summed E-state index contributed by atoms with van der Waals surface area (Å²) in [4.78, 5) is 25.3. The quantitative estimate of drug-likeness (QED) is 0.699. The molecule has 0 bridgehead atoms. The van der Waals surface area contributed by atoms with Crippen LogP contribution in [-0.2, 0) is 25.6 Å². The van der Waals surface area contributed by atoms with E-state index in [9.17, 15) is 9.59 Å². The Bertz CT molecular complexity index is 432. The predicted octanol–water partition coefficient (Wildman–Crippen LogP) is -0.326. The van der Waals surface area contributed by atoms with E-state index in [-0.39, 0.29) is 12.5 Å². The molecule has 19 heavy (non-hydrogen) atoms. The van der Waals surface area contributed by atoms with Gasteiger partial charge < -0.3 is 14.4 Å². The summed E-state index contributed by atoms with van der Waals surface area (Å²) in [5.74, 6) is -0.527. The summed E-state index contributed by atoms with van der Waals surface area (Å²) in [5.41, 5.74) is 0. The number of hydrogen-bond acceptors (Lipinski definition) is 5. The molecular formula is C12H17N3O4. The number of morpholine rings is 1. The molecule has 1 aromatic rings. The Kier molecular flexibility index (Phi) is 4.51. The zero-order valence-corrected chi connectivity index (χ0v) is 10.8. The summed E-state index contributed by atoms with van der Waals surface area (Å²) >= 11 is 0. The zero-order valence-electron chi connectivity index (χ0n) is 10.8. The van der Waals surface area contributed by atoms with Crippen molar-refractivity contribution in [3.05, 3.63) is 18.5 Å². The second kappa shape index (κ2) is 6.33. The topological polar surface area (TPSA) is 73.7 Å². The van der Waals surface area contributed by atoms with E-state index in [0.29, 0.717) is 26.1 Å². The Balaban J connectivity index is 1.93. The molecule has 0 spiro atoms. The Hall–Kier alpha value is -1.89. The normalized spacial score (nSPS) is 19.2. The van der Waals surface area contributed by atoms with Crippen LogP contribution in [0.3, 0.4) is 0 Å². The zero-order chi connectivity index (χ0) is 13.7. The molecule has 1 aliphatic rings. The molecule has 1 fully saturated rings. The predicted molar refractivity (Wildman–Crippen MR) is 65.2 cm³/mol. The minimum Gasteiger partial charge on any atom is -0.467 e.